The normalized spacial score (nSPS) is 13.1. The first-order valence-electron chi connectivity index (χ1n) is 6.08. The van der Waals surface area contributed by atoms with E-state index < -0.39 is 0 Å². The van der Waals surface area contributed by atoms with Gasteiger partial charge < -0.3 is 5.73 Å². The largest absolute Gasteiger partial charge is 0.324 e. The first kappa shape index (κ1) is 13.6. The van der Waals surface area contributed by atoms with Gasteiger partial charge in [-0.2, -0.15) is 0 Å². The van der Waals surface area contributed by atoms with Crippen molar-refractivity contribution in [2.45, 2.75) is 44.6 Å². The highest BCUT2D eigenvalue weighted by molar-refractivity contribution is 7.99. The number of rotatable bonds is 6. The lowest BCUT2D eigenvalue weighted by Crippen LogP contribution is -2.04. The monoisotopic (exact) mass is 237 g/mol. The number of nitrogens with two attached hydrogens (primary N) is 1. The molecule has 0 heterocycles. The minimum atomic E-state index is 0.135. The smallest absolute Gasteiger partial charge is 0.0266 e. The van der Waals surface area contributed by atoms with Crippen molar-refractivity contribution in [2.75, 3.05) is 5.75 Å². The summed E-state index contributed by atoms with van der Waals surface area (Å²) in [5.74, 6) is 2.02. The second-order valence-corrected chi connectivity index (χ2v) is 5.91. The van der Waals surface area contributed by atoms with Gasteiger partial charge in [0.2, 0.25) is 0 Å². The maximum Gasteiger partial charge on any atom is 0.0266 e. The molecule has 2 heteroatoms. The Morgan fingerprint density at radius 1 is 1.25 bits per heavy atom. The number of thioether (sulfide) groups is 1. The lowest BCUT2D eigenvalue weighted by molar-refractivity contribution is 0.579. The van der Waals surface area contributed by atoms with Crippen LogP contribution < -0.4 is 5.73 Å². The molecule has 0 fully saturated rings. The van der Waals surface area contributed by atoms with Crippen LogP contribution in [0.5, 0.6) is 0 Å². The molecule has 0 aliphatic heterocycles. The first-order chi connectivity index (χ1) is 7.59. The van der Waals surface area contributed by atoms with E-state index in [1.165, 1.54) is 29.1 Å². The molecule has 0 saturated heterocycles. The van der Waals surface area contributed by atoms with E-state index in [9.17, 15) is 0 Å². The molecule has 1 aromatic carbocycles. The second kappa shape index (κ2) is 6.97. The van der Waals surface area contributed by atoms with Crippen molar-refractivity contribution >= 4 is 11.8 Å². The molecule has 0 aliphatic carbocycles. The summed E-state index contributed by atoms with van der Waals surface area (Å²) in [6.45, 7) is 6.59. The number of hydrogen-bond donors (Lipinski definition) is 1. The van der Waals surface area contributed by atoms with Gasteiger partial charge in [-0.25, -0.2) is 0 Å². The Kier molecular flexibility index (Phi) is 5.93. The first-order valence-corrected chi connectivity index (χ1v) is 7.06. The lowest BCUT2D eigenvalue weighted by Gasteiger charge is -2.08. The Bertz CT molecular complexity index is 307. The summed E-state index contributed by atoms with van der Waals surface area (Å²) < 4.78 is 0. The Balaban J connectivity index is 2.39. The predicted octanol–water partition coefficient (Wildman–Crippen LogP) is 4.23. The Morgan fingerprint density at radius 3 is 2.62 bits per heavy atom. The van der Waals surface area contributed by atoms with Crippen LogP contribution >= 0.6 is 11.8 Å². The quantitative estimate of drug-likeness (QED) is 0.592. The van der Waals surface area contributed by atoms with E-state index in [2.05, 4.69) is 38.1 Å². The average Bonchev–Trinajstić information content (AvgIpc) is 2.24. The average molecular weight is 237 g/mol. The van der Waals surface area contributed by atoms with Gasteiger partial charge in [-0.15, -0.1) is 11.8 Å². The van der Waals surface area contributed by atoms with Gasteiger partial charge in [-0.1, -0.05) is 32.4 Å². The summed E-state index contributed by atoms with van der Waals surface area (Å²) in [6.07, 6.45) is 2.62. The van der Waals surface area contributed by atoms with E-state index >= 15 is 0 Å². The van der Waals surface area contributed by atoms with E-state index in [1.807, 2.05) is 18.7 Å². The summed E-state index contributed by atoms with van der Waals surface area (Å²) in [4.78, 5) is 1.35. The minimum absolute atomic E-state index is 0.135. The van der Waals surface area contributed by atoms with Gasteiger partial charge in [0.1, 0.15) is 0 Å². The highest BCUT2D eigenvalue weighted by Gasteiger charge is 2.01. The van der Waals surface area contributed by atoms with E-state index in [1.54, 1.807) is 0 Å². The molecule has 0 aliphatic rings. The maximum atomic E-state index is 5.87. The van der Waals surface area contributed by atoms with Gasteiger partial charge in [-0.3, -0.25) is 0 Å². The fourth-order valence-electron chi connectivity index (χ4n) is 1.57. The summed E-state index contributed by atoms with van der Waals surface area (Å²) in [5, 5.41) is 0. The van der Waals surface area contributed by atoms with Gasteiger partial charge in [0.25, 0.3) is 0 Å². The van der Waals surface area contributed by atoms with Crippen LogP contribution in [0.15, 0.2) is 29.2 Å². The zero-order chi connectivity index (χ0) is 12.0. The molecule has 0 spiro atoms. The van der Waals surface area contributed by atoms with Crippen LogP contribution in [0.1, 0.15) is 45.2 Å². The Hall–Kier alpha value is -0.470. The predicted molar refractivity (Wildman–Crippen MR) is 73.8 cm³/mol. The molecule has 0 aromatic heterocycles. The maximum absolute atomic E-state index is 5.87. The van der Waals surface area contributed by atoms with E-state index in [0.717, 1.165) is 5.92 Å². The van der Waals surface area contributed by atoms with E-state index in [-0.39, 0.29) is 6.04 Å². The summed E-state index contributed by atoms with van der Waals surface area (Å²) in [7, 11) is 0. The SMILES string of the molecule is CC(C)CCCSc1cccc(C(C)N)c1. The van der Waals surface area contributed by atoms with Crippen molar-refractivity contribution in [3.05, 3.63) is 29.8 Å². The van der Waals surface area contributed by atoms with Crippen LogP contribution in [0, 0.1) is 5.92 Å². The molecule has 1 atom stereocenters. The highest BCUT2D eigenvalue weighted by atomic mass is 32.2. The number of hydrogen-bond acceptors (Lipinski definition) is 2. The molecular formula is C14H23NS. The van der Waals surface area contributed by atoms with Gasteiger partial charge >= 0.3 is 0 Å². The molecule has 0 amide bonds. The van der Waals surface area contributed by atoms with Gasteiger partial charge in [-0.05, 0) is 42.7 Å². The molecule has 1 unspecified atom stereocenters. The van der Waals surface area contributed by atoms with Crippen molar-refractivity contribution < 1.29 is 0 Å². The summed E-state index contributed by atoms with van der Waals surface area (Å²) in [6, 6.07) is 8.72. The summed E-state index contributed by atoms with van der Waals surface area (Å²) >= 11 is 1.94. The van der Waals surface area contributed by atoms with Crippen molar-refractivity contribution in [3.63, 3.8) is 0 Å². The molecule has 1 rings (SSSR count). The van der Waals surface area contributed by atoms with Gasteiger partial charge in [0, 0.05) is 10.9 Å². The third kappa shape index (κ3) is 5.04. The van der Waals surface area contributed by atoms with Crippen LogP contribution in [-0.2, 0) is 0 Å². The van der Waals surface area contributed by atoms with Crippen molar-refractivity contribution in [2.24, 2.45) is 11.7 Å². The van der Waals surface area contributed by atoms with E-state index in [4.69, 9.17) is 5.73 Å². The molecule has 1 aromatic rings. The molecular weight excluding hydrogens is 214 g/mol. The standard InChI is InChI=1S/C14H23NS/c1-11(2)6-5-9-16-14-8-4-7-13(10-14)12(3)15/h4,7-8,10-12H,5-6,9,15H2,1-3H3. The molecule has 0 radical (unpaired) electrons. The van der Waals surface area contributed by atoms with Crippen molar-refractivity contribution in [1.29, 1.82) is 0 Å². The zero-order valence-electron chi connectivity index (χ0n) is 10.6. The fourth-order valence-corrected chi connectivity index (χ4v) is 2.51. The topological polar surface area (TPSA) is 26.0 Å². The van der Waals surface area contributed by atoms with Gasteiger partial charge in [0.05, 0.1) is 0 Å². The van der Waals surface area contributed by atoms with Crippen LogP contribution in [0.2, 0.25) is 0 Å². The minimum Gasteiger partial charge on any atom is -0.324 e. The van der Waals surface area contributed by atoms with E-state index in [0.29, 0.717) is 0 Å². The second-order valence-electron chi connectivity index (χ2n) is 4.75. The molecule has 2 N–H and O–H groups in total. The molecule has 1 nitrogen and oxygen atoms in total. The van der Waals surface area contributed by atoms with Crippen LogP contribution in [0.3, 0.4) is 0 Å². The molecule has 90 valence electrons. The van der Waals surface area contributed by atoms with Gasteiger partial charge in [0.15, 0.2) is 0 Å². The molecule has 16 heavy (non-hydrogen) atoms. The van der Waals surface area contributed by atoms with Crippen molar-refractivity contribution in [3.8, 4) is 0 Å². The zero-order valence-corrected chi connectivity index (χ0v) is 11.4. The lowest BCUT2D eigenvalue weighted by atomic mass is 10.1. The van der Waals surface area contributed by atoms with Crippen molar-refractivity contribution in [1.82, 2.24) is 0 Å². The third-order valence-electron chi connectivity index (χ3n) is 2.58. The third-order valence-corrected chi connectivity index (χ3v) is 3.66. The summed E-state index contributed by atoms with van der Waals surface area (Å²) in [5.41, 5.74) is 7.10. The fraction of sp³-hybridized carbons (Fsp3) is 0.571. The molecule has 0 saturated carbocycles. The van der Waals surface area contributed by atoms with Crippen LogP contribution in [0.4, 0.5) is 0 Å². The molecule has 0 bridgehead atoms. The Labute approximate surface area is 104 Å². The van der Waals surface area contributed by atoms with Crippen LogP contribution in [0.25, 0.3) is 0 Å². The highest BCUT2D eigenvalue weighted by Crippen LogP contribution is 2.23. The Morgan fingerprint density at radius 2 is 2.00 bits per heavy atom. The number of benzene rings is 1. The van der Waals surface area contributed by atoms with Crippen LogP contribution in [-0.4, -0.2) is 5.75 Å².